The van der Waals surface area contributed by atoms with Crippen LogP contribution in [0.15, 0.2) is 94.6 Å². The molecule has 0 radical (unpaired) electrons. The molecule has 1 unspecified atom stereocenters. The van der Waals surface area contributed by atoms with Crippen LogP contribution in [0.25, 0.3) is 11.0 Å². The molecule has 34 heavy (non-hydrogen) atoms. The van der Waals surface area contributed by atoms with Gasteiger partial charge in [-0.1, -0.05) is 48.5 Å². The highest BCUT2D eigenvalue weighted by molar-refractivity contribution is 6.20. The Labute approximate surface area is 195 Å². The zero-order valence-corrected chi connectivity index (χ0v) is 18.5. The summed E-state index contributed by atoms with van der Waals surface area (Å²) in [6, 6.07) is 22.0. The van der Waals surface area contributed by atoms with Gasteiger partial charge < -0.3 is 19.0 Å². The van der Waals surface area contributed by atoms with Crippen molar-refractivity contribution < 1.29 is 28.6 Å². The highest BCUT2D eigenvalue weighted by atomic mass is 16.5. The highest BCUT2D eigenvalue weighted by Gasteiger charge is 2.45. The summed E-state index contributed by atoms with van der Waals surface area (Å²) in [6.45, 7) is 0. The van der Waals surface area contributed by atoms with Crippen LogP contribution >= 0.6 is 0 Å². The number of furan rings is 1. The molecule has 0 fully saturated rings. The van der Waals surface area contributed by atoms with Crippen molar-refractivity contribution in [1.82, 2.24) is 0 Å². The predicted octanol–water partition coefficient (Wildman–Crippen LogP) is 5.23. The fraction of sp³-hybridized carbons (Fsp3) is 0.111. The van der Waals surface area contributed by atoms with Gasteiger partial charge in [0.15, 0.2) is 22.9 Å². The zero-order valence-electron chi connectivity index (χ0n) is 18.5. The number of hydrogen-bond donors (Lipinski definition) is 1. The summed E-state index contributed by atoms with van der Waals surface area (Å²) >= 11 is 0. The molecule has 2 heterocycles. The van der Waals surface area contributed by atoms with Crippen LogP contribution in [0.5, 0.6) is 11.5 Å². The monoisotopic (exact) mass is 455 g/mol. The smallest absolute Gasteiger partial charge is 0.294 e. The molecule has 0 spiro atoms. The summed E-state index contributed by atoms with van der Waals surface area (Å²) in [4.78, 5) is 28.4. The summed E-state index contributed by atoms with van der Waals surface area (Å²) in [5.74, 6) is -0.852. The number of aliphatic hydroxyl groups excluding tert-OH is 1. The molecular formula is C27H21NO6. The Morgan fingerprint density at radius 3 is 2.44 bits per heavy atom. The van der Waals surface area contributed by atoms with E-state index in [-0.39, 0.29) is 11.3 Å². The molecule has 0 aliphatic carbocycles. The van der Waals surface area contributed by atoms with Crippen LogP contribution in [0.3, 0.4) is 0 Å². The van der Waals surface area contributed by atoms with Crippen molar-refractivity contribution in [3.05, 3.63) is 102 Å². The van der Waals surface area contributed by atoms with E-state index in [4.69, 9.17) is 13.9 Å². The topological polar surface area (TPSA) is 89.2 Å². The van der Waals surface area contributed by atoms with Gasteiger partial charge in [-0.3, -0.25) is 14.5 Å². The van der Waals surface area contributed by atoms with E-state index in [1.54, 1.807) is 60.7 Å². The number of ether oxygens (including phenoxy) is 2. The van der Waals surface area contributed by atoms with Crippen molar-refractivity contribution in [3.63, 3.8) is 0 Å². The fourth-order valence-electron chi connectivity index (χ4n) is 4.26. The molecule has 7 nitrogen and oxygen atoms in total. The Morgan fingerprint density at radius 1 is 0.941 bits per heavy atom. The summed E-state index contributed by atoms with van der Waals surface area (Å²) in [5, 5.41) is 11.6. The Balaban J connectivity index is 1.65. The SMILES string of the molecule is COc1cccc(N2C(=O)C(O)=C(C(=O)c3cc4cccc(OC)c4o3)C2c2ccccc2)c1. The summed E-state index contributed by atoms with van der Waals surface area (Å²) in [7, 11) is 3.04. The van der Waals surface area contributed by atoms with Gasteiger partial charge in [0.2, 0.25) is 5.78 Å². The first kappa shape index (κ1) is 21.3. The number of para-hydroxylation sites is 1. The normalized spacial score (nSPS) is 15.8. The number of aliphatic hydroxyl groups is 1. The molecule has 7 heteroatoms. The maximum Gasteiger partial charge on any atom is 0.294 e. The first-order chi connectivity index (χ1) is 16.5. The van der Waals surface area contributed by atoms with E-state index in [1.165, 1.54) is 19.1 Å². The zero-order chi connectivity index (χ0) is 23.8. The van der Waals surface area contributed by atoms with E-state index in [1.807, 2.05) is 18.2 Å². The second-order valence-corrected chi connectivity index (χ2v) is 7.77. The van der Waals surface area contributed by atoms with E-state index in [9.17, 15) is 14.7 Å². The largest absolute Gasteiger partial charge is 0.503 e. The number of rotatable bonds is 6. The molecule has 0 saturated carbocycles. The molecule has 4 aromatic rings. The summed E-state index contributed by atoms with van der Waals surface area (Å²) in [5.41, 5.74) is 1.51. The number of carbonyl (C=O) groups is 2. The lowest BCUT2D eigenvalue weighted by Crippen LogP contribution is -2.31. The molecule has 5 rings (SSSR count). The van der Waals surface area contributed by atoms with Crippen LogP contribution in [-0.4, -0.2) is 31.0 Å². The van der Waals surface area contributed by atoms with Crippen molar-refractivity contribution in [2.75, 3.05) is 19.1 Å². The van der Waals surface area contributed by atoms with Gasteiger partial charge in [-0.05, 0) is 29.8 Å². The van der Waals surface area contributed by atoms with E-state index in [0.717, 1.165) is 0 Å². The van der Waals surface area contributed by atoms with Crippen LogP contribution in [0.2, 0.25) is 0 Å². The number of nitrogens with zero attached hydrogens (tertiary/aromatic N) is 1. The van der Waals surface area contributed by atoms with Gasteiger partial charge in [0.25, 0.3) is 5.91 Å². The van der Waals surface area contributed by atoms with E-state index in [2.05, 4.69) is 0 Å². The third-order valence-corrected chi connectivity index (χ3v) is 5.85. The first-order valence-corrected chi connectivity index (χ1v) is 10.6. The number of carbonyl (C=O) groups excluding carboxylic acids is 2. The van der Waals surface area contributed by atoms with E-state index >= 15 is 0 Å². The van der Waals surface area contributed by atoms with Crippen molar-refractivity contribution in [2.45, 2.75) is 6.04 Å². The summed E-state index contributed by atoms with van der Waals surface area (Å²) < 4.78 is 16.5. The van der Waals surface area contributed by atoms with E-state index < -0.39 is 23.5 Å². The molecule has 1 aliphatic rings. The van der Waals surface area contributed by atoms with Crippen molar-refractivity contribution in [1.29, 1.82) is 0 Å². The number of Topliss-reactive ketones (excluding diaryl/α,β-unsaturated/α-hetero) is 1. The lowest BCUT2D eigenvalue weighted by molar-refractivity contribution is -0.117. The fourth-order valence-corrected chi connectivity index (χ4v) is 4.26. The van der Waals surface area contributed by atoms with Gasteiger partial charge in [-0.2, -0.15) is 0 Å². The average Bonchev–Trinajstić information content (AvgIpc) is 3.43. The molecule has 0 saturated heterocycles. The van der Waals surface area contributed by atoms with Crippen LogP contribution in [-0.2, 0) is 4.79 Å². The molecule has 1 atom stereocenters. The van der Waals surface area contributed by atoms with Crippen LogP contribution in [0.4, 0.5) is 5.69 Å². The maximum atomic E-state index is 13.7. The van der Waals surface area contributed by atoms with Crippen molar-refractivity contribution in [3.8, 4) is 11.5 Å². The number of ketones is 1. The summed E-state index contributed by atoms with van der Waals surface area (Å²) in [6.07, 6.45) is 0. The van der Waals surface area contributed by atoms with Crippen LogP contribution in [0, 0.1) is 0 Å². The predicted molar refractivity (Wildman–Crippen MR) is 126 cm³/mol. The Kier molecular flexibility index (Phi) is 5.30. The highest BCUT2D eigenvalue weighted by Crippen LogP contribution is 2.43. The van der Waals surface area contributed by atoms with Gasteiger partial charge in [0.05, 0.1) is 25.8 Å². The minimum Gasteiger partial charge on any atom is -0.503 e. The standard InChI is InChI=1S/C27H21NO6/c1-32-19-12-7-11-18(15-19)28-23(16-8-4-3-5-9-16)22(25(30)27(28)31)24(29)21-14-17-10-6-13-20(33-2)26(17)34-21/h3-15,23,30H,1-2H3. The molecular weight excluding hydrogens is 434 g/mol. The van der Waals surface area contributed by atoms with Gasteiger partial charge in [0, 0.05) is 17.1 Å². The third-order valence-electron chi connectivity index (χ3n) is 5.85. The van der Waals surface area contributed by atoms with Crippen LogP contribution in [0.1, 0.15) is 22.2 Å². The number of benzene rings is 3. The number of amides is 1. The van der Waals surface area contributed by atoms with E-state index in [0.29, 0.717) is 33.7 Å². The van der Waals surface area contributed by atoms with Gasteiger partial charge in [-0.25, -0.2) is 0 Å². The Hall–Kier alpha value is -4.52. The number of anilines is 1. The molecule has 1 amide bonds. The average molecular weight is 455 g/mol. The lowest BCUT2D eigenvalue weighted by Gasteiger charge is -2.27. The second kappa shape index (κ2) is 8.44. The quantitative estimate of drug-likeness (QED) is 0.400. The molecule has 1 N–H and O–H groups in total. The van der Waals surface area contributed by atoms with Gasteiger partial charge in [-0.15, -0.1) is 0 Å². The number of fused-ring (bicyclic) bond motifs is 1. The molecule has 3 aromatic carbocycles. The lowest BCUT2D eigenvalue weighted by atomic mass is 9.95. The molecule has 1 aliphatic heterocycles. The molecule has 1 aromatic heterocycles. The number of hydrogen-bond acceptors (Lipinski definition) is 6. The minimum atomic E-state index is -0.858. The molecule has 0 bridgehead atoms. The van der Waals surface area contributed by atoms with Gasteiger partial charge >= 0.3 is 0 Å². The number of methoxy groups -OCH3 is 2. The maximum absolute atomic E-state index is 13.7. The third kappa shape index (κ3) is 3.38. The van der Waals surface area contributed by atoms with Crippen molar-refractivity contribution in [2.24, 2.45) is 0 Å². The first-order valence-electron chi connectivity index (χ1n) is 10.6. The van der Waals surface area contributed by atoms with Crippen molar-refractivity contribution >= 4 is 28.3 Å². The minimum absolute atomic E-state index is 0.00210. The van der Waals surface area contributed by atoms with Gasteiger partial charge in [0.1, 0.15) is 5.75 Å². The second-order valence-electron chi connectivity index (χ2n) is 7.77. The Bertz CT molecular complexity index is 1440. The van der Waals surface area contributed by atoms with Crippen LogP contribution < -0.4 is 14.4 Å². The Morgan fingerprint density at radius 2 is 1.71 bits per heavy atom. The molecule has 170 valence electrons.